The fraction of sp³-hybridized carbons (Fsp3) is 0.500. The van der Waals surface area contributed by atoms with Crippen molar-refractivity contribution < 1.29 is 19.4 Å². The SMILES string of the molecule is COc1cc(CCCC(=O)O)c(Cl)c2c1OC(C)C2. The van der Waals surface area contributed by atoms with Crippen LogP contribution in [0.15, 0.2) is 6.07 Å². The van der Waals surface area contributed by atoms with Crippen LogP contribution in [0.25, 0.3) is 0 Å². The summed E-state index contributed by atoms with van der Waals surface area (Å²) in [4.78, 5) is 10.6. The molecule has 1 unspecified atom stereocenters. The molecule has 0 aromatic heterocycles. The number of halogens is 1. The Morgan fingerprint density at radius 1 is 1.63 bits per heavy atom. The van der Waals surface area contributed by atoms with Crippen LogP contribution < -0.4 is 9.47 Å². The van der Waals surface area contributed by atoms with E-state index in [9.17, 15) is 4.79 Å². The fourth-order valence-electron chi connectivity index (χ4n) is 2.33. The number of carboxylic acids is 1. The normalized spacial score (nSPS) is 16.9. The molecule has 1 heterocycles. The molecular formula is C14H17ClO4. The Bertz CT molecular complexity index is 499. The second kappa shape index (κ2) is 5.70. The molecule has 1 atom stereocenters. The van der Waals surface area contributed by atoms with Crippen LogP contribution in [0.4, 0.5) is 0 Å². The summed E-state index contributed by atoms with van der Waals surface area (Å²) in [5.41, 5.74) is 1.90. The van der Waals surface area contributed by atoms with E-state index < -0.39 is 5.97 Å². The smallest absolute Gasteiger partial charge is 0.303 e. The van der Waals surface area contributed by atoms with Gasteiger partial charge in [-0.2, -0.15) is 0 Å². The van der Waals surface area contributed by atoms with E-state index >= 15 is 0 Å². The zero-order chi connectivity index (χ0) is 14.0. The summed E-state index contributed by atoms with van der Waals surface area (Å²) >= 11 is 6.38. The molecule has 4 nitrogen and oxygen atoms in total. The Morgan fingerprint density at radius 3 is 3.00 bits per heavy atom. The largest absolute Gasteiger partial charge is 0.493 e. The van der Waals surface area contributed by atoms with E-state index in [0.29, 0.717) is 23.6 Å². The Balaban J connectivity index is 2.25. The average Bonchev–Trinajstić information content (AvgIpc) is 2.74. The highest BCUT2D eigenvalue weighted by Gasteiger charge is 2.27. The number of ether oxygens (including phenoxy) is 2. The van der Waals surface area contributed by atoms with Crippen LogP contribution in [0.1, 0.15) is 30.9 Å². The molecule has 1 N–H and O–H groups in total. The number of benzene rings is 1. The first kappa shape index (κ1) is 14.0. The third-order valence-corrected chi connectivity index (χ3v) is 3.69. The van der Waals surface area contributed by atoms with Crippen LogP contribution in [-0.2, 0) is 17.6 Å². The maximum atomic E-state index is 10.6. The standard InChI is InChI=1S/C14H17ClO4/c1-8-6-10-13(15)9(4-3-5-12(16)17)7-11(18-2)14(10)19-8/h7-8H,3-6H2,1-2H3,(H,16,17). The first-order chi connectivity index (χ1) is 9.02. The summed E-state index contributed by atoms with van der Waals surface area (Å²) in [6.45, 7) is 1.99. The van der Waals surface area contributed by atoms with Gasteiger partial charge >= 0.3 is 5.97 Å². The first-order valence-electron chi connectivity index (χ1n) is 6.29. The van der Waals surface area contributed by atoms with Gasteiger partial charge in [-0.1, -0.05) is 11.6 Å². The van der Waals surface area contributed by atoms with Gasteiger partial charge < -0.3 is 14.6 Å². The van der Waals surface area contributed by atoms with Crippen LogP contribution >= 0.6 is 11.6 Å². The fourth-order valence-corrected chi connectivity index (χ4v) is 2.65. The molecule has 0 fully saturated rings. The third kappa shape index (κ3) is 2.95. The molecule has 1 aromatic rings. The summed E-state index contributed by atoms with van der Waals surface area (Å²) in [7, 11) is 1.59. The van der Waals surface area contributed by atoms with Crippen molar-refractivity contribution >= 4 is 17.6 Å². The van der Waals surface area contributed by atoms with E-state index in [1.54, 1.807) is 7.11 Å². The number of carboxylic acid groups (broad SMARTS) is 1. The Labute approximate surface area is 117 Å². The highest BCUT2D eigenvalue weighted by molar-refractivity contribution is 6.32. The molecule has 19 heavy (non-hydrogen) atoms. The molecule has 1 aliphatic rings. The topological polar surface area (TPSA) is 55.8 Å². The summed E-state index contributed by atoms with van der Waals surface area (Å²) < 4.78 is 11.0. The number of rotatable bonds is 5. The molecule has 104 valence electrons. The van der Waals surface area contributed by atoms with Crippen molar-refractivity contribution in [1.29, 1.82) is 0 Å². The van der Waals surface area contributed by atoms with Crippen molar-refractivity contribution in [2.45, 2.75) is 38.7 Å². The van der Waals surface area contributed by atoms with Gasteiger partial charge in [-0.05, 0) is 31.4 Å². The molecule has 2 rings (SSSR count). The predicted molar refractivity (Wildman–Crippen MR) is 72.4 cm³/mol. The van der Waals surface area contributed by atoms with Crippen LogP contribution in [0.5, 0.6) is 11.5 Å². The zero-order valence-corrected chi connectivity index (χ0v) is 11.8. The van der Waals surface area contributed by atoms with Crippen LogP contribution in [0.2, 0.25) is 5.02 Å². The lowest BCUT2D eigenvalue weighted by Crippen LogP contribution is -2.05. The highest BCUT2D eigenvalue weighted by atomic mass is 35.5. The number of aliphatic carboxylic acids is 1. The predicted octanol–water partition coefficient (Wildman–Crippen LogP) is 3.08. The number of fused-ring (bicyclic) bond motifs is 1. The Kier molecular flexibility index (Phi) is 4.20. The van der Waals surface area contributed by atoms with Gasteiger partial charge in [0, 0.05) is 18.4 Å². The van der Waals surface area contributed by atoms with Crippen molar-refractivity contribution in [2.24, 2.45) is 0 Å². The average molecular weight is 285 g/mol. The van der Waals surface area contributed by atoms with Gasteiger partial charge in [-0.3, -0.25) is 4.79 Å². The minimum Gasteiger partial charge on any atom is -0.493 e. The van der Waals surface area contributed by atoms with Crippen LogP contribution in [0, 0.1) is 0 Å². The van der Waals surface area contributed by atoms with Gasteiger partial charge in [0.05, 0.1) is 12.1 Å². The highest BCUT2D eigenvalue weighted by Crippen LogP contribution is 2.44. The monoisotopic (exact) mass is 284 g/mol. The molecule has 1 aliphatic heterocycles. The van der Waals surface area contributed by atoms with Crippen molar-refractivity contribution in [3.63, 3.8) is 0 Å². The number of aryl methyl sites for hydroxylation is 1. The number of hydrogen-bond donors (Lipinski definition) is 1. The molecule has 0 radical (unpaired) electrons. The van der Waals surface area contributed by atoms with Crippen LogP contribution in [-0.4, -0.2) is 24.3 Å². The molecule has 0 bridgehead atoms. The number of hydrogen-bond acceptors (Lipinski definition) is 3. The maximum Gasteiger partial charge on any atom is 0.303 e. The lowest BCUT2D eigenvalue weighted by Gasteiger charge is -2.12. The van der Waals surface area contributed by atoms with Crippen molar-refractivity contribution in [3.05, 3.63) is 22.2 Å². The third-order valence-electron chi connectivity index (χ3n) is 3.22. The van der Waals surface area contributed by atoms with E-state index in [0.717, 1.165) is 23.3 Å². The molecular weight excluding hydrogens is 268 g/mol. The van der Waals surface area contributed by atoms with Gasteiger partial charge in [-0.25, -0.2) is 0 Å². The zero-order valence-electron chi connectivity index (χ0n) is 11.0. The van der Waals surface area contributed by atoms with Crippen molar-refractivity contribution in [1.82, 2.24) is 0 Å². The second-order valence-corrected chi connectivity index (χ2v) is 5.12. The van der Waals surface area contributed by atoms with E-state index in [4.69, 9.17) is 26.2 Å². The van der Waals surface area contributed by atoms with Crippen molar-refractivity contribution in [3.8, 4) is 11.5 Å². The lowest BCUT2D eigenvalue weighted by atomic mass is 10.0. The minimum absolute atomic E-state index is 0.0932. The molecule has 0 amide bonds. The number of carbonyl (C=O) groups is 1. The van der Waals surface area contributed by atoms with Gasteiger partial charge in [0.1, 0.15) is 6.10 Å². The van der Waals surface area contributed by atoms with E-state index in [1.165, 1.54) is 0 Å². The van der Waals surface area contributed by atoms with E-state index in [1.807, 2.05) is 13.0 Å². The van der Waals surface area contributed by atoms with Gasteiger partial charge in [0.25, 0.3) is 0 Å². The summed E-state index contributed by atoms with van der Waals surface area (Å²) in [5.74, 6) is 0.609. The molecule has 0 aliphatic carbocycles. The molecule has 0 saturated heterocycles. The van der Waals surface area contributed by atoms with Gasteiger partial charge in [0.2, 0.25) is 0 Å². The van der Waals surface area contributed by atoms with E-state index in [2.05, 4.69) is 0 Å². The number of methoxy groups -OCH3 is 1. The molecule has 5 heteroatoms. The Morgan fingerprint density at radius 2 is 2.37 bits per heavy atom. The summed E-state index contributed by atoms with van der Waals surface area (Å²) in [5, 5.41) is 9.36. The summed E-state index contributed by atoms with van der Waals surface area (Å²) in [6.07, 6.45) is 2.19. The summed E-state index contributed by atoms with van der Waals surface area (Å²) in [6, 6.07) is 1.85. The van der Waals surface area contributed by atoms with Gasteiger partial charge in [-0.15, -0.1) is 0 Å². The maximum absolute atomic E-state index is 10.6. The van der Waals surface area contributed by atoms with E-state index in [-0.39, 0.29) is 12.5 Å². The molecule has 0 saturated carbocycles. The Hall–Kier alpha value is -1.42. The van der Waals surface area contributed by atoms with Gasteiger partial charge in [0.15, 0.2) is 11.5 Å². The first-order valence-corrected chi connectivity index (χ1v) is 6.67. The van der Waals surface area contributed by atoms with Crippen molar-refractivity contribution in [2.75, 3.05) is 7.11 Å². The quantitative estimate of drug-likeness (QED) is 0.903. The molecule has 0 spiro atoms. The van der Waals surface area contributed by atoms with Crippen LogP contribution in [0.3, 0.4) is 0 Å². The minimum atomic E-state index is -0.791. The second-order valence-electron chi connectivity index (χ2n) is 4.74. The molecule has 1 aromatic carbocycles. The lowest BCUT2D eigenvalue weighted by molar-refractivity contribution is -0.137.